The van der Waals surface area contributed by atoms with Gasteiger partial charge in [-0.2, -0.15) is 0 Å². The molecule has 0 aliphatic heterocycles. The molecule has 0 saturated heterocycles. The summed E-state index contributed by atoms with van der Waals surface area (Å²) in [6.45, 7) is 4.62. The maximum Gasteiger partial charge on any atom is 0.0166 e. The fraction of sp³-hybridized carbons (Fsp3) is 0.0811. The van der Waals surface area contributed by atoms with E-state index in [9.17, 15) is 0 Å². The van der Waals surface area contributed by atoms with Crippen LogP contribution >= 0.6 is 0 Å². The number of benzene rings is 5. The van der Waals surface area contributed by atoms with Crippen molar-refractivity contribution >= 4 is 32.4 Å². The minimum Gasteiger partial charge on any atom is -0.305 e. The molecule has 7 aromatic rings. The van der Waals surface area contributed by atoms with Gasteiger partial charge in [0.25, 0.3) is 0 Å². The van der Waals surface area contributed by atoms with Crippen molar-refractivity contribution < 1.29 is 20.1 Å². The second-order valence-corrected chi connectivity index (χ2v) is 10.5. The van der Waals surface area contributed by atoms with Crippen LogP contribution in [0.4, 0.5) is 0 Å². The van der Waals surface area contributed by atoms with Crippen molar-refractivity contribution in [3.8, 4) is 22.4 Å². The monoisotopic (exact) mass is 691 g/mol. The van der Waals surface area contributed by atoms with Crippen LogP contribution < -0.4 is 0 Å². The molecule has 5 aromatic carbocycles. The van der Waals surface area contributed by atoms with Crippen molar-refractivity contribution in [2.24, 2.45) is 0 Å². The van der Waals surface area contributed by atoms with E-state index in [2.05, 4.69) is 90.5 Å². The third kappa shape index (κ3) is 4.23. The third-order valence-electron chi connectivity index (χ3n) is 7.85. The Hall–Kier alpha value is -4.17. The third-order valence-corrected chi connectivity index (χ3v) is 7.85. The second kappa shape index (κ2) is 10.4. The van der Waals surface area contributed by atoms with E-state index in [0.717, 1.165) is 22.2 Å². The van der Waals surface area contributed by atoms with E-state index in [1.165, 1.54) is 43.8 Å². The number of nitrogens with zero attached hydrogens (tertiary/aromatic N) is 2. The molecule has 40 heavy (non-hydrogen) atoms. The minimum absolute atomic E-state index is 0. The van der Waals surface area contributed by atoms with Crippen LogP contribution in [0.2, 0.25) is 0 Å². The largest absolute Gasteiger partial charge is 0.305 e. The summed E-state index contributed by atoms with van der Waals surface area (Å²) in [5.74, 6) is 0. The Kier molecular flexibility index (Phi) is 6.80. The van der Waals surface area contributed by atoms with Gasteiger partial charge in [-0.3, -0.25) is 0 Å². The summed E-state index contributed by atoms with van der Waals surface area (Å²) in [5.41, 5.74) is 8.30. The zero-order valence-corrected chi connectivity index (χ0v) is 24.7. The Morgan fingerprint density at radius 2 is 1.35 bits per heavy atom. The molecule has 2 heterocycles. The van der Waals surface area contributed by atoms with E-state index in [1.54, 1.807) is 0 Å². The molecule has 2 aromatic heterocycles. The molecule has 0 N–H and O–H groups in total. The predicted molar refractivity (Wildman–Crippen MR) is 162 cm³/mol. The van der Waals surface area contributed by atoms with Crippen LogP contribution in [-0.4, -0.2) is 9.97 Å². The van der Waals surface area contributed by atoms with Crippen molar-refractivity contribution in [2.45, 2.75) is 19.3 Å². The van der Waals surface area contributed by atoms with Gasteiger partial charge in [-0.15, -0.1) is 65.5 Å². The Morgan fingerprint density at radius 3 is 2.17 bits per heavy atom. The molecule has 0 amide bonds. The molecule has 2 nitrogen and oxygen atoms in total. The van der Waals surface area contributed by atoms with Gasteiger partial charge in [-0.1, -0.05) is 79.2 Å². The van der Waals surface area contributed by atoms with Crippen molar-refractivity contribution in [1.82, 2.24) is 9.97 Å². The van der Waals surface area contributed by atoms with Crippen molar-refractivity contribution in [1.29, 1.82) is 0 Å². The SMILES string of the molecule is CC1(C)c2cccc3c4ccc[c-]c4c4nccc1c4c23.[Ir].[c-]1ccccc1-c1cc(-c2ccccc2)ccn1. The first kappa shape index (κ1) is 26.1. The van der Waals surface area contributed by atoms with Crippen LogP contribution in [0.5, 0.6) is 0 Å². The zero-order chi connectivity index (χ0) is 26.4. The summed E-state index contributed by atoms with van der Waals surface area (Å²) in [6.07, 6.45) is 3.79. The average Bonchev–Trinajstić information content (AvgIpc) is 3.25. The van der Waals surface area contributed by atoms with E-state index in [-0.39, 0.29) is 25.5 Å². The fourth-order valence-corrected chi connectivity index (χ4v) is 5.94. The van der Waals surface area contributed by atoms with Gasteiger partial charge in [0, 0.05) is 37.9 Å². The van der Waals surface area contributed by atoms with Gasteiger partial charge in [0.1, 0.15) is 0 Å². The molecule has 0 unspecified atom stereocenters. The number of aromatic nitrogens is 2. The van der Waals surface area contributed by atoms with Gasteiger partial charge in [0.2, 0.25) is 0 Å². The normalized spacial score (nSPS) is 12.8. The first-order valence-corrected chi connectivity index (χ1v) is 13.3. The molecule has 8 rings (SSSR count). The molecule has 0 bridgehead atoms. The molecule has 0 atom stereocenters. The van der Waals surface area contributed by atoms with Crippen LogP contribution in [0.25, 0.3) is 54.8 Å². The van der Waals surface area contributed by atoms with Crippen LogP contribution in [0.15, 0.2) is 122 Å². The van der Waals surface area contributed by atoms with Crippen LogP contribution in [0, 0.1) is 12.1 Å². The Bertz CT molecular complexity index is 1840. The molecule has 195 valence electrons. The summed E-state index contributed by atoms with van der Waals surface area (Å²) in [5, 5.41) is 6.42. The Morgan fingerprint density at radius 1 is 0.600 bits per heavy atom. The summed E-state index contributed by atoms with van der Waals surface area (Å²) >= 11 is 0. The van der Waals surface area contributed by atoms with Crippen LogP contribution in [-0.2, 0) is 25.5 Å². The fourth-order valence-electron chi connectivity index (χ4n) is 5.94. The number of pyridine rings is 2. The number of hydrogen-bond acceptors (Lipinski definition) is 2. The number of rotatable bonds is 2. The van der Waals surface area contributed by atoms with Crippen LogP contribution in [0.1, 0.15) is 25.0 Å². The molecule has 3 heteroatoms. The van der Waals surface area contributed by atoms with Gasteiger partial charge in [-0.05, 0) is 56.4 Å². The summed E-state index contributed by atoms with van der Waals surface area (Å²) in [7, 11) is 0. The van der Waals surface area contributed by atoms with Gasteiger partial charge >= 0.3 is 0 Å². The number of hydrogen-bond donors (Lipinski definition) is 0. The van der Waals surface area contributed by atoms with Crippen molar-refractivity contribution in [3.63, 3.8) is 0 Å². The molecular formula is C37H26IrN2-2. The predicted octanol–water partition coefficient (Wildman–Crippen LogP) is 9.19. The summed E-state index contributed by atoms with van der Waals surface area (Å²) < 4.78 is 0. The van der Waals surface area contributed by atoms with Crippen LogP contribution in [0.3, 0.4) is 0 Å². The molecular weight excluding hydrogens is 665 g/mol. The van der Waals surface area contributed by atoms with Gasteiger partial charge in [0.05, 0.1) is 0 Å². The topological polar surface area (TPSA) is 25.8 Å². The molecule has 1 aliphatic rings. The van der Waals surface area contributed by atoms with E-state index >= 15 is 0 Å². The Labute approximate surface area is 248 Å². The molecule has 1 radical (unpaired) electrons. The van der Waals surface area contributed by atoms with Crippen molar-refractivity contribution in [2.75, 3.05) is 0 Å². The molecule has 0 saturated carbocycles. The number of fused-ring (bicyclic) bond motifs is 3. The van der Waals surface area contributed by atoms with Crippen molar-refractivity contribution in [3.05, 3.63) is 145 Å². The minimum atomic E-state index is 0. The quantitative estimate of drug-likeness (QED) is 0.134. The van der Waals surface area contributed by atoms with E-state index in [4.69, 9.17) is 0 Å². The van der Waals surface area contributed by atoms with E-state index < -0.39 is 0 Å². The maximum atomic E-state index is 4.69. The van der Waals surface area contributed by atoms with Gasteiger partial charge in [0.15, 0.2) is 0 Å². The maximum absolute atomic E-state index is 4.69. The smallest absolute Gasteiger partial charge is 0.0166 e. The standard InChI is InChI=1S/C20H14N.C17H12N.Ir/c1-20(2)15-9-5-8-13-12-6-3-4-7-14(12)19-18(17(13)15)16(20)10-11-21-19;1-3-7-14(8-4-1)16-11-12-18-17(13-16)15-9-5-2-6-10-15;/h3-6,8-11H,1-2H3;1-9,11-13H;/q2*-1;. The average molecular weight is 691 g/mol. The molecule has 0 fully saturated rings. The van der Waals surface area contributed by atoms with Gasteiger partial charge < -0.3 is 9.97 Å². The van der Waals surface area contributed by atoms with E-state index in [1.807, 2.05) is 67.0 Å². The van der Waals surface area contributed by atoms with Gasteiger partial charge in [-0.25, -0.2) is 0 Å². The molecule has 1 aliphatic carbocycles. The first-order chi connectivity index (χ1) is 19.1. The Balaban J connectivity index is 0.000000143. The van der Waals surface area contributed by atoms with E-state index in [0.29, 0.717) is 0 Å². The zero-order valence-electron chi connectivity index (χ0n) is 22.3. The first-order valence-electron chi connectivity index (χ1n) is 13.3. The summed E-state index contributed by atoms with van der Waals surface area (Å²) in [6, 6.07) is 44.0. The summed E-state index contributed by atoms with van der Waals surface area (Å²) in [4.78, 5) is 9.09. The second-order valence-electron chi connectivity index (χ2n) is 10.5. The molecule has 0 spiro atoms.